The van der Waals surface area contributed by atoms with Gasteiger partial charge in [-0.2, -0.15) is 0 Å². The summed E-state index contributed by atoms with van der Waals surface area (Å²) in [6.07, 6.45) is -0.166. The monoisotopic (exact) mass is 331 g/mol. The van der Waals surface area contributed by atoms with E-state index in [-0.39, 0.29) is 17.7 Å². The number of hydrogen-bond acceptors (Lipinski definition) is 4. The van der Waals surface area contributed by atoms with E-state index in [4.69, 9.17) is 27.4 Å². The molecule has 0 saturated carbocycles. The first-order valence-electron chi connectivity index (χ1n) is 5.31. The van der Waals surface area contributed by atoms with Gasteiger partial charge in [0.2, 0.25) is 0 Å². The van der Waals surface area contributed by atoms with Crippen LogP contribution in [0.5, 0.6) is 5.75 Å². The third-order valence-electron chi connectivity index (χ3n) is 1.92. The number of rotatable bonds is 5. The maximum atomic E-state index is 11.4. The predicted octanol–water partition coefficient (Wildman–Crippen LogP) is 2.41. The Morgan fingerprint density at radius 1 is 1.50 bits per heavy atom. The van der Waals surface area contributed by atoms with E-state index in [1.807, 2.05) is 0 Å². The lowest BCUT2D eigenvalue weighted by Gasteiger charge is -2.12. The average Bonchev–Trinajstić information content (AvgIpc) is 2.26. The quantitative estimate of drug-likeness (QED) is 0.663. The first-order chi connectivity index (χ1) is 8.40. The van der Waals surface area contributed by atoms with Gasteiger partial charge in [0.15, 0.2) is 6.61 Å². The van der Waals surface area contributed by atoms with Crippen molar-refractivity contribution in [2.45, 2.75) is 20.0 Å². The van der Waals surface area contributed by atoms with Gasteiger partial charge < -0.3 is 15.2 Å². The molecule has 0 unspecified atom stereocenters. The van der Waals surface area contributed by atoms with Gasteiger partial charge in [-0.25, -0.2) is 4.79 Å². The van der Waals surface area contributed by atoms with Gasteiger partial charge in [0.1, 0.15) is 10.7 Å². The summed E-state index contributed by atoms with van der Waals surface area (Å²) in [5.74, 6) is 0.0354. The van der Waals surface area contributed by atoms with Gasteiger partial charge in [0, 0.05) is 4.47 Å². The van der Waals surface area contributed by atoms with Crippen molar-refractivity contribution >= 4 is 39.1 Å². The van der Waals surface area contributed by atoms with Crippen LogP contribution < -0.4 is 10.5 Å². The second-order valence-corrected chi connectivity index (χ2v) is 5.19. The minimum absolute atomic E-state index is 0.166. The highest BCUT2D eigenvalue weighted by Gasteiger charge is 2.11. The van der Waals surface area contributed by atoms with E-state index < -0.39 is 5.97 Å². The zero-order chi connectivity index (χ0) is 13.7. The third kappa shape index (κ3) is 4.62. The van der Waals surface area contributed by atoms with Gasteiger partial charge in [0.25, 0.3) is 0 Å². The van der Waals surface area contributed by atoms with E-state index >= 15 is 0 Å². The number of carbonyl (C=O) groups is 1. The lowest BCUT2D eigenvalue weighted by Crippen LogP contribution is -2.20. The van der Waals surface area contributed by atoms with Crippen molar-refractivity contribution in [2.75, 3.05) is 6.61 Å². The molecule has 0 fully saturated rings. The molecule has 0 bridgehead atoms. The SMILES string of the molecule is CC(C)OC(=O)COc1ccc(Br)cc1C(N)=S. The fourth-order valence-electron chi connectivity index (χ4n) is 1.25. The lowest BCUT2D eigenvalue weighted by molar-refractivity contribution is -0.149. The molecular weight excluding hydrogens is 318 g/mol. The van der Waals surface area contributed by atoms with Crippen molar-refractivity contribution < 1.29 is 14.3 Å². The number of ether oxygens (including phenoxy) is 2. The van der Waals surface area contributed by atoms with Crippen LogP contribution in [0.3, 0.4) is 0 Å². The minimum atomic E-state index is -0.429. The van der Waals surface area contributed by atoms with Gasteiger partial charge in [-0.05, 0) is 32.0 Å². The van der Waals surface area contributed by atoms with Crippen LogP contribution >= 0.6 is 28.1 Å². The molecule has 18 heavy (non-hydrogen) atoms. The topological polar surface area (TPSA) is 61.5 Å². The molecule has 0 aliphatic carbocycles. The van der Waals surface area contributed by atoms with Crippen molar-refractivity contribution in [1.29, 1.82) is 0 Å². The maximum absolute atomic E-state index is 11.4. The Morgan fingerprint density at radius 2 is 2.17 bits per heavy atom. The summed E-state index contributed by atoms with van der Waals surface area (Å²) >= 11 is 8.23. The number of nitrogens with two attached hydrogens (primary N) is 1. The van der Waals surface area contributed by atoms with Gasteiger partial charge in [0.05, 0.1) is 11.7 Å². The fraction of sp³-hybridized carbons (Fsp3) is 0.333. The minimum Gasteiger partial charge on any atom is -0.481 e. The van der Waals surface area contributed by atoms with Gasteiger partial charge in [-0.3, -0.25) is 0 Å². The smallest absolute Gasteiger partial charge is 0.344 e. The molecule has 0 radical (unpaired) electrons. The molecule has 0 atom stereocenters. The summed E-state index contributed by atoms with van der Waals surface area (Å²) in [7, 11) is 0. The van der Waals surface area contributed by atoms with Crippen LogP contribution in [0.25, 0.3) is 0 Å². The van der Waals surface area contributed by atoms with Gasteiger partial charge in [-0.1, -0.05) is 28.1 Å². The predicted molar refractivity (Wildman–Crippen MR) is 76.8 cm³/mol. The van der Waals surface area contributed by atoms with Crippen molar-refractivity contribution in [2.24, 2.45) is 5.73 Å². The van der Waals surface area contributed by atoms with Crippen LogP contribution in [0.15, 0.2) is 22.7 Å². The highest BCUT2D eigenvalue weighted by Crippen LogP contribution is 2.23. The number of esters is 1. The molecule has 2 N–H and O–H groups in total. The first kappa shape index (κ1) is 14.9. The zero-order valence-corrected chi connectivity index (χ0v) is 12.5. The molecule has 4 nitrogen and oxygen atoms in total. The number of benzene rings is 1. The molecule has 1 aromatic rings. The van der Waals surface area contributed by atoms with Crippen LogP contribution in [0, 0.1) is 0 Å². The highest BCUT2D eigenvalue weighted by molar-refractivity contribution is 9.10. The first-order valence-corrected chi connectivity index (χ1v) is 6.52. The number of halogens is 1. The Morgan fingerprint density at radius 3 is 2.72 bits per heavy atom. The van der Waals surface area contributed by atoms with E-state index in [2.05, 4.69) is 15.9 Å². The van der Waals surface area contributed by atoms with Crippen LogP contribution in [-0.2, 0) is 9.53 Å². The maximum Gasteiger partial charge on any atom is 0.344 e. The van der Waals surface area contributed by atoms with Crippen molar-refractivity contribution in [3.8, 4) is 5.75 Å². The molecule has 0 spiro atoms. The standard InChI is InChI=1S/C12H14BrNO3S/c1-7(2)17-11(15)6-16-10-4-3-8(13)5-9(10)12(14)18/h3-5,7H,6H2,1-2H3,(H2,14,18). The fourth-order valence-corrected chi connectivity index (χ4v) is 1.77. The molecular formula is C12H14BrNO3S. The number of carbonyl (C=O) groups excluding carboxylic acids is 1. The lowest BCUT2D eigenvalue weighted by atomic mass is 10.2. The van der Waals surface area contributed by atoms with Gasteiger partial charge >= 0.3 is 5.97 Å². The Hall–Kier alpha value is -1.14. The van der Waals surface area contributed by atoms with Crippen molar-refractivity contribution in [3.63, 3.8) is 0 Å². The van der Waals surface area contributed by atoms with E-state index in [1.54, 1.807) is 32.0 Å². The summed E-state index contributed by atoms with van der Waals surface area (Å²) in [5.41, 5.74) is 6.17. The van der Waals surface area contributed by atoms with Crippen LogP contribution in [-0.4, -0.2) is 23.7 Å². The molecule has 6 heteroatoms. The number of hydrogen-bond donors (Lipinski definition) is 1. The summed E-state index contributed by atoms with van der Waals surface area (Å²) in [6, 6.07) is 5.22. The summed E-state index contributed by atoms with van der Waals surface area (Å²) in [4.78, 5) is 11.6. The normalized spacial score (nSPS) is 10.2. The summed E-state index contributed by atoms with van der Waals surface area (Å²) in [5, 5.41) is 0. The van der Waals surface area contributed by atoms with Crippen LogP contribution in [0.1, 0.15) is 19.4 Å². The van der Waals surface area contributed by atoms with Crippen molar-refractivity contribution in [1.82, 2.24) is 0 Å². The van der Waals surface area contributed by atoms with Crippen molar-refractivity contribution in [3.05, 3.63) is 28.2 Å². The largest absolute Gasteiger partial charge is 0.481 e. The Balaban J connectivity index is 2.73. The average molecular weight is 332 g/mol. The third-order valence-corrected chi connectivity index (χ3v) is 2.63. The molecule has 1 aromatic carbocycles. The van der Waals surface area contributed by atoms with E-state index in [0.717, 1.165) is 4.47 Å². The molecule has 0 aromatic heterocycles. The van der Waals surface area contributed by atoms with E-state index in [9.17, 15) is 4.79 Å². The Bertz CT molecular complexity index is 463. The second-order valence-electron chi connectivity index (χ2n) is 3.83. The Kier molecular flexibility index (Phi) is 5.55. The van der Waals surface area contributed by atoms with Crippen LogP contribution in [0.2, 0.25) is 0 Å². The number of thiocarbonyl (C=S) groups is 1. The molecule has 0 aliphatic rings. The molecule has 98 valence electrons. The molecule has 0 heterocycles. The summed E-state index contributed by atoms with van der Waals surface area (Å²) in [6.45, 7) is 3.38. The van der Waals surface area contributed by atoms with Gasteiger partial charge in [-0.15, -0.1) is 0 Å². The van der Waals surface area contributed by atoms with Crippen LogP contribution in [0.4, 0.5) is 0 Å². The zero-order valence-electron chi connectivity index (χ0n) is 10.1. The van der Waals surface area contributed by atoms with E-state index in [0.29, 0.717) is 11.3 Å². The molecule has 0 aliphatic heterocycles. The second kappa shape index (κ2) is 6.70. The highest BCUT2D eigenvalue weighted by atomic mass is 79.9. The van der Waals surface area contributed by atoms with E-state index in [1.165, 1.54) is 0 Å². The molecule has 1 rings (SSSR count). The Labute approximate surface area is 120 Å². The molecule has 0 amide bonds. The summed E-state index contributed by atoms with van der Waals surface area (Å²) < 4.78 is 11.1. The molecule has 0 saturated heterocycles.